The van der Waals surface area contributed by atoms with Gasteiger partial charge in [-0.1, -0.05) is 31.9 Å². The summed E-state index contributed by atoms with van der Waals surface area (Å²) >= 11 is 6.15. The Labute approximate surface area is 120 Å². The second-order valence-corrected chi connectivity index (χ2v) is 5.88. The van der Waals surface area contributed by atoms with Crippen molar-refractivity contribution in [2.45, 2.75) is 52.1 Å². The van der Waals surface area contributed by atoms with Crippen molar-refractivity contribution in [3.05, 3.63) is 22.8 Å². The van der Waals surface area contributed by atoms with Gasteiger partial charge in [0, 0.05) is 24.8 Å². The summed E-state index contributed by atoms with van der Waals surface area (Å²) in [7, 11) is 0. The fraction of sp³-hybridized carbons (Fsp3) is 0.667. The maximum absolute atomic E-state index is 6.15. The average molecular weight is 283 g/mol. The lowest BCUT2D eigenvalue weighted by molar-refractivity contribution is 0.243. The normalized spacial score (nSPS) is 16.4. The van der Waals surface area contributed by atoms with Crippen LogP contribution in [0.3, 0.4) is 0 Å². The lowest BCUT2D eigenvalue weighted by atomic mass is 10.1. The second-order valence-electron chi connectivity index (χ2n) is 5.47. The standard InChI is InChI=1S/C15H23ClN2O/c1-3-4-11(2)10-19-15-7-12(14(16)9-18-15)8-17-13-5-6-13/h7,9,11,13,17H,3-6,8,10H2,1-2H3. The average Bonchev–Trinajstić information content (AvgIpc) is 3.21. The van der Waals surface area contributed by atoms with E-state index in [9.17, 15) is 0 Å². The van der Waals surface area contributed by atoms with Crippen LogP contribution >= 0.6 is 11.6 Å². The fourth-order valence-electron chi connectivity index (χ4n) is 2.02. The summed E-state index contributed by atoms with van der Waals surface area (Å²) in [5.41, 5.74) is 1.07. The molecule has 1 heterocycles. The topological polar surface area (TPSA) is 34.1 Å². The van der Waals surface area contributed by atoms with Crippen LogP contribution in [0.1, 0.15) is 45.1 Å². The Morgan fingerprint density at radius 1 is 1.53 bits per heavy atom. The second kappa shape index (κ2) is 7.11. The molecule has 4 heteroatoms. The van der Waals surface area contributed by atoms with Crippen molar-refractivity contribution in [2.75, 3.05) is 6.61 Å². The maximum atomic E-state index is 6.15. The van der Waals surface area contributed by atoms with Gasteiger partial charge in [0.15, 0.2) is 0 Å². The van der Waals surface area contributed by atoms with E-state index < -0.39 is 0 Å². The number of hydrogen-bond donors (Lipinski definition) is 1. The predicted molar refractivity (Wildman–Crippen MR) is 78.7 cm³/mol. The van der Waals surface area contributed by atoms with E-state index in [1.165, 1.54) is 25.7 Å². The minimum absolute atomic E-state index is 0.565. The molecule has 0 amide bonds. The van der Waals surface area contributed by atoms with Crippen molar-refractivity contribution < 1.29 is 4.74 Å². The molecule has 0 radical (unpaired) electrons. The summed E-state index contributed by atoms with van der Waals surface area (Å²) in [5.74, 6) is 1.25. The zero-order valence-electron chi connectivity index (χ0n) is 11.8. The van der Waals surface area contributed by atoms with Gasteiger partial charge in [0.25, 0.3) is 0 Å². The molecule has 0 aromatic carbocycles. The number of nitrogens with one attached hydrogen (secondary N) is 1. The molecule has 0 aliphatic heterocycles. The van der Waals surface area contributed by atoms with Crippen LogP contribution in [0.15, 0.2) is 12.3 Å². The highest BCUT2D eigenvalue weighted by Crippen LogP contribution is 2.23. The van der Waals surface area contributed by atoms with Gasteiger partial charge >= 0.3 is 0 Å². The van der Waals surface area contributed by atoms with Gasteiger partial charge in [-0.15, -0.1) is 0 Å². The molecular formula is C15H23ClN2O. The number of halogens is 1. The quantitative estimate of drug-likeness (QED) is 0.787. The van der Waals surface area contributed by atoms with E-state index in [4.69, 9.17) is 16.3 Å². The summed E-state index contributed by atoms with van der Waals surface area (Å²) in [6.07, 6.45) is 6.62. The molecule has 1 aliphatic rings. The van der Waals surface area contributed by atoms with Crippen molar-refractivity contribution in [2.24, 2.45) is 5.92 Å². The van der Waals surface area contributed by atoms with Crippen molar-refractivity contribution >= 4 is 11.6 Å². The van der Waals surface area contributed by atoms with E-state index in [0.29, 0.717) is 22.9 Å². The molecule has 0 bridgehead atoms. The van der Waals surface area contributed by atoms with Gasteiger partial charge in [0.2, 0.25) is 5.88 Å². The SMILES string of the molecule is CCCC(C)COc1cc(CNC2CC2)c(Cl)cn1. The lowest BCUT2D eigenvalue weighted by Gasteiger charge is -2.13. The molecule has 1 unspecified atom stereocenters. The van der Waals surface area contributed by atoms with Crippen molar-refractivity contribution in [1.29, 1.82) is 0 Å². The Morgan fingerprint density at radius 2 is 2.32 bits per heavy atom. The first-order chi connectivity index (χ1) is 9.19. The molecule has 1 fully saturated rings. The number of ether oxygens (including phenoxy) is 1. The Morgan fingerprint density at radius 3 is 3.00 bits per heavy atom. The Balaban J connectivity index is 1.87. The number of aromatic nitrogens is 1. The zero-order valence-corrected chi connectivity index (χ0v) is 12.5. The van der Waals surface area contributed by atoms with Gasteiger partial charge in [-0.3, -0.25) is 0 Å². The smallest absolute Gasteiger partial charge is 0.213 e. The number of rotatable bonds is 8. The van der Waals surface area contributed by atoms with Gasteiger partial charge in [-0.05, 0) is 30.7 Å². The van der Waals surface area contributed by atoms with Gasteiger partial charge in [-0.25, -0.2) is 4.98 Å². The van der Waals surface area contributed by atoms with Crippen LogP contribution in [0.25, 0.3) is 0 Å². The summed E-state index contributed by atoms with van der Waals surface area (Å²) in [6, 6.07) is 2.63. The van der Waals surface area contributed by atoms with E-state index in [0.717, 1.165) is 18.7 Å². The number of hydrogen-bond acceptors (Lipinski definition) is 3. The molecule has 1 aromatic rings. The van der Waals surface area contributed by atoms with Crippen LogP contribution in [0.4, 0.5) is 0 Å². The Kier molecular flexibility index (Phi) is 5.46. The molecule has 1 aromatic heterocycles. The van der Waals surface area contributed by atoms with E-state index in [-0.39, 0.29) is 0 Å². The monoisotopic (exact) mass is 282 g/mol. The van der Waals surface area contributed by atoms with Crippen LogP contribution in [0, 0.1) is 5.92 Å². The summed E-state index contributed by atoms with van der Waals surface area (Å²) < 4.78 is 5.74. The van der Waals surface area contributed by atoms with E-state index in [1.54, 1.807) is 6.20 Å². The molecule has 1 saturated carbocycles. The molecule has 1 N–H and O–H groups in total. The third kappa shape index (κ3) is 5.00. The van der Waals surface area contributed by atoms with E-state index >= 15 is 0 Å². The minimum atomic E-state index is 0.565. The van der Waals surface area contributed by atoms with Crippen LogP contribution in [0.5, 0.6) is 5.88 Å². The van der Waals surface area contributed by atoms with Crippen LogP contribution in [-0.4, -0.2) is 17.6 Å². The highest BCUT2D eigenvalue weighted by atomic mass is 35.5. The van der Waals surface area contributed by atoms with Crippen LogP contribution in [-0.2, 0) is 6.54 Å². The van der Waals surface area contributed by atoms with Crippen molar-refractivity contribution in [1.82, 2.24) is 10.3 Å². The molecule has 1 atom stereocenters. The van der Waals surface area contributed by atoms with Crippen molar-refractivity contribution in [3.63, 3.8) is 0 Å². The third-order valence-corrected chi connectivity index (χ3v) is 3.71. The highest BCUT2D eigenvalue weighted by molar-refractivity contribution is 6.31. The fourth-order valence-corrected chi connectivity index (χ4v) is 2.19. The molecule has 0 spiro atoms. The molecular weight excluding hydrogens is 260 g/mol. The van der Waals surface area contributed by atoms with Crippen molar-refractivity contribution in [3.8, 4) is 5.88 Å². The van der Waals surface area contributed by atoms with Gasteiger partial charge < -0.3 is 10.1 Å². The molecule has 19 heavy (non-hydrogen) atoms. The van der Waals surface area contributed by atoms with Gasteiger partial charge in [0.05, 0.1) is 11.6 Å². The minimum Gasteiger partial charge on any atom is -0.477 e. The van der Waals surface area contributed by atoms with Gasteiger partial charge in [-0.2, -0.15) is 0 Å². The summed E-state index contributed by atoms with van der Waals surface area (Å²) in [5, 5.41) is 4.17. The molecule has 2 rings (SSSR count). The molecule has 106 valence electrons. The summed E-state index contributed by atoms with van der Waals surface area (Å²) in [4.78, 5) is 4.23. The van der Waals surface area contributed by atoms with Crippen LogP contribution in [0.2, 0.25) is 5.02 Å². The molecule has 3 nitrogen and oxygen atoms in total. The molecule has 0 saturated heterocycles. The Bertz CT molecular complexity index is 407. The van der Waals surface area contributed by atoms with Crippen LogP contribution < -0.4 is 10.1 Å². The first-order valence-corrected chi connectivity index (χ1v) is 7.57. The third-order valence-electron chi connectivity index (χ3n) is 3.37. The first kappa shape index (κ1) is 14.6. The zero-order chi connectivity index (χ0) is 13.7. The van der Waals surface area contributed by atoms with E-state index in [2.05, 4.69) is 24.1 Å². The molecule has 1 aliphatic carbocycles. The predicted octanol–water partition coefficient (Wildman–Crippen LogP) is 3.80. The highest BCUT2D eigenvalue weighted by Gasteiger charge is 2.20. The Hall–Kier alpha value is -0.800. The summed E-state index contributed by atoms with van der Waals surface area (Å²) in [6.45, 7) is 5.92. The number of pyridine rings is 1. The lowest BCUT2D eigenvalue weighted by Crippen LogP contribution is -2.16. The maximum Gasteiger partial charge on any atom is 0.213 e. The first-order valence-electron chi connectivity index (χ1n) is 7.19. The number of nitrogens with zero attached hydrogens (tertiary/aromatic N) is 1. The largest absolute Gasteiger partial charge is 0.477 e. The van der Waals surface area contributed by atoms with E-state index in [1.807, 2.05) is 6.07 Å². The van der Waals surface area contributed by atoms with Gasteiger partial charge in [0.1, 0.15) is 0 Å².